The highest BCUT2D eigenvalue weighted by atomic mass is 32.2. The van der Waals surface area contributed by atoms with E-state index in [1.165, 1.54) is 43.2 Å². The first-order valence-electron chi connectivity index (χ1n) is 10.9. The summed E-state index contributed by atoms with van der Waals surface area (Å²) in [4.78, 5) is 2.68. The molecule has 1 heterocycles. The summed E-state index contributed by atoms with van der Waals surface area (Å²) in [5.41, 5.74) is 2.72. The van der Waals surface area contributed by atoms with Gasteiger partial charge in [-0.25, -0.2) is 13.1 Å². The van der Waals surface area contributed by atoms with E-state index in [4.69, 9.17) is 0 Å². The van der Waals surface area contributed by atoms with E-state index in [1.54, 1.807) is 0 Å². The Kier molecular flexibility index (Phi) is 4.68. The molecule has 5 heteroatoms. The minimum Gasteiger partial charge on any atom is -0.303 e. The summed E-state index contributed by atoms with van der Waals surface area (Å²) in [6, 6.07) is 8.42. The monoisotopic (exact) mass is 400 g/mol. The van der Waals surface area contributed by atoms with Crippen LogP contribution in [0.25, 0.3) is 0 Å². The van der Waals surface area contributed by atoms with Gasteiger partial charge in [-0.05, 0) is 85.9 Å². The van der Waals surface area contributed by atoms with Crippen LogP contribution in [0.1, 0.15) is 55.7 Å². The van der Waals surface area contributed by atoms with Crippen LogP contribution in [0, 0.1) is 17.8 Å². The summed E-state index contributed by atoms with van der Waals surface area (Å²) in [5, 5.41) is 0. The SMILES string of the molecule is CS(=O)(=O)N[C@H]1CC2(CCN(C[C@H]3CC4CCC=C[C@@H]43)CC2)c2ccccc21. The maximum Gasteiger partial charge on any atom is 0.209 e. The van der Waals surface area contributed by atoms with Crippen molar-refractivity contribution in [3.63, 3.8) is 0 Å². The fourth-order valence-electron chi connectivity index (χ4n) is 6.50. The summed E-state index contributed by atoms with van der Waals surface area (Å²) in [7, 11) is -3.21. The van der Waals surface area contributed by atoms with E-state index < -0.39 is 10.0 Å². The smallest absolute Gasteiger partial charge is 0.209 e. The molecule has 28 heavy (non-hydrogen) atoms. The molecule has 4 atom stereocenters. The second-order valence-electron chi connectivity index (χ2n) is 9.65. The highest BCUT2D eigenvalue weighted by molar-refractivity contribution is 7.88. The van der Waals surface area contributed by atoms with Crippen LogP contribution in [0.3, 0.4) is 0 Å². The zero-order valence-electron chi connectivity index (χ0n) is 16.8. The molecule has 4 aliphatic rings. The molecular weight excluding hydrogens is 368 g/mol. The molecule has 0 radical (unpaired) electrons. The van der Waals surface area contributed by atoms with E-state index in [-0.39, 0.29) is 11.5 Å². The normalized spacial score (nSPS) is 34.0. The molecule has 1 saturated carbocycles. The van der Waals surface area contributed by atoms with E-state index in [1.807, 2.05) is 6.07 Å². The Morgan fingerprint density at radius 2 is 2.00 bits per heavy atom. The molecule has 152 valence electrons. The quantitative estimate of drug-likeness (QED) is 0.786. The van der Waals surface area contributed by atoms with Gasteiger partial charge in [0.2, 0.25) is 10.0 Å². The molecule has 1 unspecified atom stereocenters. The molecule has 1 aromatic rings. The van der Waals surface area contributed by atoms with E-state index in [0.29, 0.717) is 0 Å². The number of hydrogen-bond acceptors (Lipinski definition) is 3. The van der Waals surface area contributed by atoms with Crippen LogP contribution < -0.4 is 4.72 Å². The molecule has 0 amide bonds. The number of piperidine rings is 1. The summed E-state index contributed by atoms with van der Waals surface area (Å²) in [6.45, 7) is 3.52. The number of likely N-dealkylation sites (tertiary alicyclic amines) is 1. The van der Waals surface area contributed by atoms with Gasteiger partial charge in [0.1, 0.15) is 0 Å². The van der Waals surface area contributed by atoms with Gasteiger partial charge in [-0.1, -0.05) is 36.4 Å². The van der Waals surface area contributed by atoms with Crippen LogP contribution in [0.2, 0.25) is 0 Å². The Hall–Kier alpha value is -1.17. The van der Waals surface area contributed by atoms with Crippen molar-refractivity contribution in [3.8, 4) is 0 Å². The molecule has 1 aromatic carbocycles. The van der Waals surface area contributed by atoms with Crippen molar-refractivity contribution in [2.75, 3.05) is 25.9 Å². The summed E-state index contributed by atoms with van der Waals surface area (Å²) in [6.07, 6.45) is 13.4. The lowest BCUT2D eigenvalue weighted by molar-refractivity contribution is 0.0421. The molecule has 1 saturated heterocycles. The third-order valence-corrected chi connectivity index (χ3v) is 8.63. The third-order valence-electron chi connectivity index (χ3n) is 7.92. The average Bonchev–Trinajstić information content (AvgIpc) is 2.93. The molecule has 2 fully saturated rings. The van der Waals surface area contributed by atoms with Gasteiger partial charge in [0.15, 0.2) is 0 Å². The lowest BCUT2D eigenvalue weighted by atomic mass is 9.61. The Morgan fingerprint density at radius 1 is 1.21 bits per heavy atom. The molecule has 1 spiro atoms. The predicted octanol–water partition coefficient (Wildman–Crippen LogP) is 3.62. The Morgan fingerprint density at radius 3 is 2.75 bits per heavy atom. The third kappa shape index (κ3) is 3.35. The summed E-state index contributed by atoms with van der Waals surface area (Å²) < 4.78 is 26.6. The first-order valence-corrected chi connectivity index (χ1v) is 12.8. The van der Waals surface area contributed by atoms with Crippen molar-refractivity contribution < 1.29 is 8.42 Å². The van der Waals surface area contributed by atoms with Crippen LogP contribution in [0.15, 0.2) is 36.4 Å². The Balaban J connectivity index is 1.26. The van der Waals surface area contributed by atoms with E-state index in [2.05, 4.69) is 40.0 Å². The minimum atomic E-state index is -3.21. The highest BCUT2D eigenvalue weighted by Crippen LogP contribution is 2.52. The van der Waals surface area contributed by atoms with Gasteiger partial charge < -0.3 is 4.90 Å². The average molecular weight is 401 g/mol. The molecule has 5 rings (SSSR count). The fourth-order valence-corrected chi connectivity index (χ4v) is 7.23. The molecule has 0 aromatic heterocycles. The molecule has 0 bridgehead atoms. The number of nitrogens with one attached hydrogen (secondary N) is 1. The van der Waals surface area contributed by atoms with Gasteiger partial charge in [-0.15, -0.1) is 0 Å². The Bertz CT molecular complexity index is 870. The van der Waals surface area contributed by atoms with Crippen LogP contribution in [-0.2, 0) is 15.4 Å². The zero-order valence-corrected chi connectivity index (χ0v) is 17.6. The largest absolute Gasteiger partial charge is 0.303 e. The standard InChI is InChI=1S/C23H32N2O2S/c1-28(26,27)24-22-15-23(21-9-5-4-8-20(21)22)10-12-25(13-11-23)16-18-14-17-6-2-3-7-19(17)18/h3-5,7-9,17-19,22,24H,2,6,10-16H2,1H3/t17?,18-,19+,22+/m1/s1. The van der Waals surface area contributed by atoms with Crippen LogP contribution in [0.5, 0.6) is 0 Å². The fraction of sp³-hybridized carbons (Fsp3) is 0.652. The molecule has 1 N–H and O–H groups in total. The van der Waals surface area contributed by atoms with Crippen molar-refractivity contribution >= 4 is 10.0 Å². The lowest BCUT2D eigenvalue weighted by Crippen LogP contribution is -2.48. The van der Waals surface area contributed by atoms with Crippen LogP contribution in [0.4, 0.5) is 0 Å². The van der Waals surface area contributed by atoms with Gasteiger partial charge in [0, 0.05) is 12.6 Å². The number of allylic oxidation sites excluding steroid dienone is 2. The zero-order chi connectivity index (χ0) is 19.4. The van der Waals surface area contributed by atoms with E-state index in [0.717, 1.165) is 50.1 Å². The van der Waals surface area contributed by atoms with Crippen molar-refractivity contribution in [3.05, 3.63) is 47.5 Å². The minimum absolute atomic E-state index is 0.0717. The van der Waals surface area contributed by atoms with E-state index >= 15 is 0 Å². The van der Waals surface area contributed by atoms with Crippen molar-refractivity contribution in [1.82, 2.24) is 9.62 Å². The molecule has 3 aliphatic carbocycles. The maximum atomic E-state index is 11.9. The number of hydrogen-bond donors (Lipinski definition) is 1. The van der Waals surface area contributed by atoms with E-state index in [9.17, 15) is 8.42 Å². The molecule has 4 nitrogen and oxygen atoms in total. The number of benzene rings is 1. The summed E-state index contributed by atoms with van der Waals surface area (Å²) in [5.74, 6) is 2.64. The molecule has 1 aliphatic heterocycles. The summed E-state index contributed by atoms with van der Waals surface area (Å²) >= 11 is 0. The maximum absolute atomic E-state index is 11.9. The van der Waals surface area contributed by atoms with Gasteiger partial charge in [-0.2, -0.15) is 0 Å². The number of fused-ring (bicyclic) bond motifs is 3. The van der Waals surface area contributed by atoms with Crippen molar-refractivity contribution in [1.29, 1.82) is 0 Å². The van der Waals surface area contributed by atoms with Gasteiger partial charge >= 0.3 is 0 Å². The number of sulfonamides is 1. The van der Waals surface area contributed by atoms with Gasteiger partial charge in [0.25, 0.3) is 0 Å². The highest BCUT2D eigenvalue weighted by Gasteiger charge is 2.47. The van der Waals surface area contributed by atoms with Crippen molar-refractivity contribution in [2.24, 2.45) is 17.8 Å². The number of nitrogens with zero attached hydrogens (tertiary/aromatic N) is 1. The van der Waals surface area contributed by atoms with Gasteiger partial charge in [0.05, 0.1) is 6.26 Å². The van der Waals surface area contributed by atoms with Crippen LogP contribution in [-0.4, -0.2) is 39.2 Å². The second-order valence-corrected chi connectivity index (χ2v) is 11.4. The second kappa shape index (κ2) is 6.96. The predicted molar refractivity (Wildman–Crippen MR) is 113 cm³/mol. The van der Waals surface area contributed by atoms with Crippen LogP contribution >= 0.6 is 0 Å². The topological polar surface area (TPSA) is 49.4 Å². The molecular formula is C23H32N2O2S. The Labute approximate surface area is 169 Å². The first-order chi connectivity index (χ1) is 13.4. The van der Waals surface area contributed by atoms with Crippen molar-refractivity contribution in [2.45, 2.75) is 50.0 Å². The lowest BCUT2D eigenvalue weighted by Gasteiger charge is -2.49. The van der Waals surface area contributed by atoms with Gasteiger partial charge in [-0.3, -0.25) is 0 Å². The number of rotatable bonds is 4. The first kappa shape index (κ1) is 18.8.